The van der Waals surface area contributed by atoms with Gasteiger partial charge in [0, 0.05) is 5.56 Å². The first-order valence-corrected chi connectivity index (χ1v) is 8.68. The van der Waals surface area contributed by atoms with Crippen LogP contribution in [0.15, 0.2) is 36.4 Å². The van der Waals surface area contributed by atoms with Crippen molar-refractivity contribution in [2.45, 2.75) is 0 Å². The molecule has 0 bridgehead atoms. The van der Waals surface area contributed by atoms with E-state index in [1.807, 2.05) is 42.5 Å². The molecule has 0 N–H and O–H groups in total. The van der Waals surface area contributed by atoms with Crippen molar-refractivity contribution in [3.63, 3.8) is 0 Å². The lowest BCUT2D eigenvalue weighted by molar-refractivity contribution is 0.174. The number of methoxy groups -OCH3 is 3. The Morgan fingerprint density at radius 3 is 2.43 bits per heavy atom. The quantitative estimate of drug-likeness (QED) is 0.540. The Hall–Kier alpha value is -3.30. The Kier molecular flexibility index (Phi) is 6.66. The maximum atomic E-state index is 5.52. The van der Waals surface area contributed by atoms with Crippen LogP contribution in [0.4, 0.5) is 0 Å². The van der Waals surface area contributed by atoms with Crippen LogP contribution >= 0.6 is 0 Å². The molecule has 1 heterocycles. The van der Waals surface area contributed by atoms with Crippen LogP contribution in [0.2, 0.25) is 0 Å². The summed E-state index contributed by atoms with van der Waals surface area (Å²) in [5, 5.41) is 0. The Bertz CT molecular complexity index is 882. The van der Waals surface area contributed by atoms with Gasteiger partial charge in [0.05, 0.1) is 27.9 Å². The van der Waals surface area contributed by atoms with Gasteiger partial charge in [-0.05, 0) is 35.9 Å². The summed E-state index contributed by atoms with van der Waals surface area (Å²) in [4.78, 5) is 0. The lowest BCUT2D eigenvalue weighted by Crippen LogP contribution is -1.95. The first-order valence-electron chi connectivity index (χ1n) is 8.68. The van der Waals surface area contributed by atoms with Crippen molar-refractivity contribution in [3.05, 3.63) is 47.5 Å². The third kappa shape index (κ3) is 4.70. The fourth-order valence-electron chi connectivity index (χ4n) is 2.67. The van der Waals surface area contributed by atoms with Crippen LogP contribution in [0.25, 0.3) is 6.08 Å². The minimum atomic E-state index is 0.258. The third-order valence-electron chi connectivity index (χ3n) is 3.99. The molecule has 2 aromatic rings. The average molecular weight is 382 g/mol. The molecule has 0 radical (unpaired) electrons. The topological polar surface area (TPSA) is 55.4 Å². The van der Waals surface area contributed by atoms with Crippen LogP contribution < -0.4 is 23.7 Å². The van der Waals surface area contributed by atoms with E-state index < -0.39 is 0 Å². The second-order valence-corrected chi connectivity index (χ2v) is 5.75. The van der Waals surface area contributed by atoms with Gasteiger partial charge in [0.1, 0.15) is 6.61 Å². The summed E-state index contributed by atoms with van der Waals surface area (Å²) in [6.45, 7) is 1.02. The van der Waals surface area contributed by atoms with Gasteiger partial charge in [-0.25, -0.2) is 0 Å². The molecule has 6 nitrogen and oxygen atoms in total. The second-order valence-electron chi connectivity index (χ2n) is 5.75. The molecule has 0 fully saturated rings. The summed E-state index contributed by atoms with van der Waals surface area (Å²) >= 11 is 0. The Morgan fingerprint density at radius 1 is 0.964 bits per heavy atom. The highest BCUT2D eigenvalue weighted by Crippen LogP contribution is 2.38. The number of hydrogen-bond acceptors (Lipinski definition) is 6. The second kappa shape index (κ2) is 9.58. The van der Waals surface area contributed by atoms with Gasteiger partial charge in [0.25, 0.3) is 0 Å². The monoisotopic (exact) mass is 382 g/mol. The normalized spacial score (nSPS) is 11.8. The van der Waals surface area contributed by atoms with Gasteiger partial charge in [-0.3, -0.25) is 0 Å². The molecule has 28 heavy (non-hydrogen) atoms. The van der Waals surface area contributed by atoms with Gasteiger partial charge in [-0.2, -0.15) is 0 Å². The van der Waals surface area contributed by atoms with E-state index in [-0.39, 0.29) is 6.79 Å². The standard InChI is InChI=1S/C22H22O6/c1-23-20-13-17(14-21(24-2)22(20)25-3)7-5-11-26-10-4-6-16-8-9-18-19(12-16)28-15-27-18/h5,7-9,12-14H,10-11,15H2,1-3H3/b7-5+. The van der Waals surface area contributed by atoms with E-state index in [9.17, 15) is 0 Å². The van der Waals surface area contributed by atoms with Gasteiger partial charge >= 0.3 is 0 Å². The molecule has 0 aromatic heterocycles. The van der Waals surface area contributed by atoms with Crippen LogP contribution in [0, 0.1) is 11.8 Å². The minimum absolute atomic E-state index is 0.258. The number of ether oxygens (including phenoxy) is 6. The molecular weight excluding hydrogens is 360 g/mol. The zero-order valence-electron chi connectivity index (χ0n) is 16.1. The highest BCUT2D eigenvalue weighted by Gasteiger charge is 2.12. The molecule has 1 aliphatic rings. The molecule has 0 atom stereocenters. The van der Waals surface area contributed by atoms with Crippen molar-refractivity contribution >= 4 is 6.08 Å². The zero-order chi connectivity index (χ0) is 19.8. The van der Waals surface area contributed by atoms with Crippen molar-refractivity contribution < 1.29 is 28.4 Å². The van der Waals surface area contributed by atoms with Crippen LogP contribution in [-0.4, -0.2) is 41.3 Å². The van der Waals surface area contributed by atoms with E-state index in [1.165, 1.54) is 0 Å². The zero-order valence-corrected chi connectivity index (χ0v) is 16.1. The molecule has 0 saturated heterocycles. The van der Waals surface area contributed by atoms with Crippen molar-refractivity contribution in [2.24, 2.45) is 0 Å². The Labute approximate surface area is 164 Å². The lowest BCUT2D eigenvalue weighted by atomic mass is 10.1. The fraction of sp³-hybridized carbons (Fsp3) is 0.273. The first kappa shape index (κ1) is 19.5. The molecule has 0 aliphatic carbocycles. The maximum absolute atomic E-state index is 5.52. The number of benzene rings is 2. The maximum Gasteiger partial charge on any atom is 0.231 e. The van der Waals surface area contributed by atoms with E-state index in [0.29, 0.717) is 30.5 Å². The van der Waals surface area contributed by atoms with Crippen LogP contribution in [0.5, 0.6) is 28.7 Å². The summed E-state index contributed by atoms with van der Waals surface area (Å²) in [7, 11) is 4.76. The summed E-state index contributed by atoms with van der Waals surface area (Å²) in [6, 6.07) is 9.35. The largest absolute Gasteiger partial charge is 0.493 e. The van der Waals surface area contributed by atoms with Crippen molar-refractivity contribution in [1.82, 2.24) is 0 Å². The van der Waals surface area contributed by atoms with Gasteiger partial charge in [0.2, 0.25) is 12.5 Å². The summed E-state index contributed by atoms with van der Waals surface area (Å²) in [6.07, 6.45) is 3.83. The summed E-state index contributed by atoms with van der Waals surface area (Å²) in [5.41, 5.74) is 1.78. The van der Waals surface area contributed by atoms with E-state index >= 15 is 0 Å². The van der Waals surface area contributed by atoms with E-state index in [1.54, 1.807) is 21.3 Å². The molecular formula is C22H22O6. The van der Waals surface area contributed by atoms with Crippen LogP contribution in [0.1, 0.15) is 11.1 Å². The van der Waals surface area contributed by atoms with Gasteiger partial charge in [-0.1, -0.05) is 24.0 Å². The van der Waals surface area contributed by atoms with E-state index in [2.05, 4.69) is 11.8 Å². The highest BCUT2D eigenvalue weighted by atomic mass is 16.7. The summed E-state index contributed by atoms with van der Waals surface area (Å²) in [5.74, 6) is 9.28. The molecule has 1 aliphatic heterocycles. The molecule has 0 saturated carbocycles. The molecule has 2 aromatic carbocycles. The predicted molar refractivity (Wildman–Crippen MR) is 105 cm³/mol. The van der Waals surface area contributed by atoms with Gasteiger partial charge in [0.15, 0.2) is 23.0 Å². The number of rotatable bonds is 7. The molecule has 6 heteroatoms. The SMILES string of the molecule is COc1cc(/C=C/COCC#Cc2ccc3c(c2)OCO3)cc(OC)c1OC. The van der Waals surface area contributed by atoms with Crippen molar-refractivity contribution in [1.29, 1.82) is 0 Å². The Morgan fingerprint density at radius 2 is 1.71 bits per heavy atom. The lowest BCUT2D eigenvalue weighted by Gasteiger charge is -2.12. The van der Waals surface area contributed by atoms with Gasteiger partial charge in [-0.15, -0.1) is 0 Å². The third-order valence-corrected chi connectivity index (χ3v) is 3.99. The van der Waals surface area contributed by atoms with Crippen LogP contribution in [0.3, 0.4) is 0 Å². The molecule has 0 amide bonds. The van der Waals surface area contributed by atoms with Crippen molar-refractivity contribution in [3.8, 4) is 40.6 Å². The number of fused-ring (bicyclic) bond motifs is 1. The highest BCUT2D eigenvalue weighted by molar-refractivity contribution is 5.62. The predicted octanol–water partition coefficient (Wildman–Crippen LogP) is 3.52. The smallest absolute Gasteiger partial charge is 0.231 e. The summed E-state index contributed by atoms with van der Waals surface area (Å²) < 4.78 is 32.1. The minimum Gasteiger partial charge on any atom is -0.493 e. The van der Waals surface area contributed by atoms with Crippen LogP contribution in [-0.2, 0) is 4.74 Å². The average Bonchev–Trinajstić information content (AvgIpc) is 3.20. The van der Waals surface area contributed by atoms with Gasteiger partial charge < -0.3 is 28.4 Å². The Balaban J connectivity index is 1.51. The van der Waals surface area contributed by atoms with E-state index in [0.717, 1.165) is 22.6 Å². The number of hydrogen-bond donors (Lipinski definition) is 0. The molecule has 0 spiro atoms. The fourth-order valence-corrected chi connectivity index (χ4v) is 2.67. The molecule has 0 unspecified atom stereocenters. The van der Waals surface area contributed by atoms with E-state index in [4.69, 9.17) is 28.4 Å². The molecule has 3 rings (SSSR count). The van der Waals surface area contributed by atoms with Crippen molar-refractivity contribution in [2.75, 3.05) is 41.3 Å². The first-order chi connectivity index (χ1) is 13.7. The molecule has 146 valence electrons.